The van der Waals surface area contributed by atoms with Gasteiger partial charge in [-0.2, -0.15) is 11.8 Å². The molecule has 0 aliphatic heterocycles. The molecular formula is C15H24N2O2S2. The highest BCUT2D eigenvalue weighted by Gasteiger charge is 2.31. The lowest BCUT2D eigenvalue weighted by atomic mass is 10.1. The molecule has 3 N–H and O–H groups in total. The number of nitrogens with one attached hydrogen (secondary N) is 1. The Labute approximate surface area is 131 Å². The summed E-state index contributed by atoms with van der Waals surface area (Å²) in [6, 6.07) is 5.34. The molecule has 1 aromatic rings. The summed E-state index contributed by atoms with van der Waals surface area (Å²) in [7, 11) is -3.48. The highest BCUT2D eigenvalue weighted by atomic mass is 32.2. The molecule has 1 fully saturated rings. The maximum atomic E-state index is 12.7. The van der Waals surface area contributed by atoms with Gasteiger partial charge in [0, 0.05) is 17.8 Å². The highest BCUT2D eigenvalue weighted by molar-refractivity contribution is 8.00. The first-order valence-corrected chi connectivity index (χ1v) is 9.95. The van der Waals surface area contributed by atoms with E-state index in [-0.39, 0.29) is 6.04 Å². The van der Waals surface area contributed by atoms with Gasteiger partial charge in [0.15, 0.2) is 0 Å². The van der Waals surface area contributed by atoms with Crippen LogP contribution in [0, 0.1) is 6.92 Å². The first kappa shape index (κ1) is 16.8. The average molecular weight is 329 g/mol. The van der Waals surface area contributed by atoms with Crippen LogP contribution < -0.4 is 10.5 Å². The number of thioether (sulfide) groups is 1. The monoisotopic (exact) mass is 328 g/mol. The predicted octanol–water partition coefficient (Wildman–Crippen LogP) is 2.41. The smallest absolute Gasteiger partial charge is 0.241 e. The van der Waals surface area contributed by atoms with Crippen LogP contribution in [0.25, 0.3) is 0 Å². The average Bonchev–Trinajstić information content (AvgIpc) is 2.86. The van der Waals surface area contributed by atoms with E-state index in [1.165, 1.54) is 0 Å². The minimum absolute atomic E-state index is 0.0425. The van der Waals surface area contributed by atoms with Crippen molar-refractivity contribution in [1.29, 1.82) is 0 Å². The largest absolute Gasteiger partial charge is 0.326 e. The van der Waals surface area contributed by atoms with E-state index < -0.39 is 10.0 Å². The van der Waals surface area contributed by atoms with Gasteiger partial charge in [-0.3, -0.25) is 0 Å². The summed E-state index contributed by atoms with van der Waals surface area (Å²) < 4.78 is 28.2. The zero-order valence-corrected chi connectivity index (χ0v) is 14.3. The molecule has 2 atom stereocenters. The van der Waals surface area contributed by atoms with Gasteiger partial charge in [0.05, 0.1) is 4.90 Å². The summed E-state index contributed by atoms with van der Waals surface area (Å²) in [5.41, 5.74) is 7.30. The normalized spacial score (nSPS) is 22.6. The van der Waals surface area contributed by atoms with Crippen molar-refractivity contribution >= 4 is 21.8 Å². The maximum absolute atomic E-state index is 12.7. The van der Waals surface area contributed by atoms with Crippen molar-refractivity contribution in [2.24, 2.45) is 5.73 Å². The lowest BCUT2D eigenvalue weighted by Crippen LogP contribution is -2.39. The minimum Gasteiger partial charge on any atom is -0.326 e. The molecule has 0 bridgehead atoms. The van der Waals surface area contributed by atoms with E-state index in [4.69, 9.17) is 5.73 Å². The van der Waals surface area contributed by atoms with Crippen LogP contribution in [-0.2, 0) is 16.6 Å². The second-order valence-corrected chi connectivity index (χ2v) is 8.60. The van der Waals surface area contributed by atoms with Crippen molar-refractivity contribution in [1.82, 2.24) is 4.72 Å². The van der Waals surface area contributed by atoms with E-state index in [9.17, 15) is 8.42 Å². The third-order valence-corrected chi connectivity index (χ3v) is 7.01. The molecule has 0 radical (unpaired) electrons. The Morgan fingerprint density at radius 2 is 2.14 bits per heavy atom. The summed E-state index contributed by atoms with van der Waals surface area (Å²) >= 11 is 1.85. The Hall–Kier alpha value is -0.560. The molecule has 0 amide bonds. The molecule has 21 heavy (non-hydrogen) atoms. The molecule has 0 saturated heterocycles. The Balaban J connectivity index is 2.23. The van der Waals surface area contributed by atoms with Gasteiger partial charge in [0.1, 0.15) is 0 Å². The van der Waals surface area contributed by atoms with Crippen LogP contribution in [0.3, 0.4) is 0 Å². The standard InChI is InChI=1S/C15H24N2O2S2/c1-3-20-14-8-5-7-13(14)17-21(18,19)15-9-4-6-12(10-16)11(15)2/h4,6,9,13-14,17H,3,5,7-8,10,16H2,1-2H3. The minimum atomic E-state index is -3.48. The number of rotatable bonds is 6. The summed E-state index contributed by atoms with van der Waals surface area (Å²) in [5, 5.41) is 0.391. The molecule has 0 heterocycles. The summed E-state index contributed by atoms with van der Waals surface area (Å²) in [6.07, 6.45) is 3.10. The number of hydrogen-bond donors (Lipinski definition) is 2. The molecule has 0 aromatic heterocycles. The second kappa shape index (κ2) is 7.13. The van der Waals surface area contributed by atoms with Gasteiger partial charge >= 0.3 is 0 Å². The quantitative estimate of drug-likeness (QED) is 0.841. The SMILES string of the molecule is CCSC1CCCC1NS(=O)(=O)c1cccc(CN)c1C. The second-order valence-electron chi connectivity index (χ2n) is 5.40. The lowest BCUT2D eigenvalue weighted by Gasteiger charge is -2.21. The van der Waals surface area contributed by atoms with Crippen molar-refractivity contribution in [3.8, 4) is 0 Å². The summed E-state index contributed by atoms with van der Waals surface area (Å²) in [6.45, 7) is 4.29. The molecule has 4 nitrogen and oxygen atoms in total. The van der Waals surface area contributed by atoms with Gasteiger partial charge in [-0.25, -0.2) is 13.1 Å². The third kappa shape index (κ3) is 3.80. The molecule has 1 aliphatic rings. The lowest BCUT2D eigenvalue weighted by molar-refractivity contribution is 0.554. The molecule has 2 unspecified atom stereocenters. The van der Waals surface area contributed by atoms with Crippen molar-refractivity contribution in [3.05, 3.63) is 29.3 Å². The van der Waals surface area contributed by atoms with Crippen LogP contribution >= 0.6 is 11.8 Å². The fourth-order valence-corrected chi connectivity index (χ4v) is 5.79. The van der Waals surface area contributed by atoms with E-state index in [0.717, 1.165) is 36.1 Å². The number of nitrogens with two attached hydrogens (primary N) is 1. The number of benzene rings is 1. The molecular weight excluding hydrogens is 304 g/mol. The van der Waals surface area contributed by atoms with Crippen LogP contribution in [0.2, 0.25) is 0 Å². The molecule has 1 saturated carbocycles. The molecule has 118 valence electrons. The van der Waals surface area contributed by atoms with E-state index in [0.29, 0.717) is 16.7 Å². The predicted molar refractivity (Wildman–Crippen MR) is 89.0 cm³/mol. The van der Waals surface area contributed by atoms with Crippen LogP contribution in [0.15, 0.2) is 23.1 Å². The molecule has 0 spiro atoms. The molecule has 1 aromatic carbocycles. The van der Waals surface area contributed by atoms with E-state index >= 15 is 0 Å². The van der Waals surface area contributed by atoms with Gasteiger partial charge < -0.3 is 5.73 Å². The van der Waals surface area contributed by atoms with Gasteiger partial charge in [-0.05, 0) is 42.7 Å². The van der Waals surface area contributed by atoms with Crippen molar-refractivity contribution in [2.75, 3.05) is 5.75 Å². The molecule has 1 aliphatic carbocycles. The number of hydrogen-bond acceptors (Lipinski definition) is 4. The van der Waals surface area contributed by atoms with E-state index in [1.54, 1.807) is 12.1 Å². The first-order valence-electron chi connectivity index (χ1n) is 7.42. The Morgan fingerprint density at radius 1 is 1.38 bits per heavy atom. The fraction of sp³-hybridized carbons (Fsp3) is 0.600. The Bertz CT molecular complexity index is 587. The van der Waals surface area contributed by atoms with Gasteiger partial charge in [0.2, 0.25) is 10.0 Å². The third-order valence-electron chi connectivity index (χ3n) is 4.05. The highest BCUT2D eigenvalue weighted by Crippen LogP contribution is 2.31. The first-order chi connectivity index (χ1) is 9.99. The van der Waals surface area contributed by atoms with Crippen LogP contribution in [0.1, 0.15) is 37.3 Å². The molecule has 2 rings (SSSR count). The molecule has 6 heteroatoms. The van der Waals surface area contributed by atoms with Crippen molar-refractivity contribution in [3.63, 3.8) is 0 Å². The topological polar surface area (TPSA) is 72.2 Å². The zero-order chi connectivity index (χ0) is 15.5. The van der Waals surface area contributed by atoms with Gasteiger partial charge in [0.25, 0.3) is 0 Å². The zero-order valence-electron chi connectivity index (χ0n) is 12.6. The summed E-state index contributed by atoms with van der Waals surface area (Å²) in [5.74, 6) is 1.02. The van der Waals surface area contributed by atoms with Crippen molar-refractivity contribution < 1.29 is 8.42 Å². The fourth-order valence-electron chi connectivity index (χ4n) is 2.91. The van der Waals surface area contributed by atoms with Crippen molar-refractivity contribution in [2.45, 2.75) is 55.8 Å². The maximum Gasteiger partial charge on any atom is 0.241 e. The van der Waals surface area contributed by atoms with Crippen LogP contribution in [0.5, 0.6) is 0 Å². The Morgan fingerprint density at radius 3 is 2.81 bits per heavy atom. The van der Waals surface area contributed by atoms with E-state index in [2.05, 4.69) is 11.6 Å². The number of sulfonamides is 1. The van der Waals surface area contributed by atoms with Gasteiger partial charge in [-0.15, -0.1) is 0 Å². The van der Waals surface area contributed by atoms with E-state index in [1.807, 2.05) is 24.8 Å². The van der Waals surface area contributed by atoms with Crippen LogP contribution in [0.4, 0.5) is 0 Å². The summed E-state index contributed by atoms with van der Waals surface area (Å²) in [4.78, 5) is 0.359. The van der Waals surface area contributed by atoms with Crippen LogP contribution in [-0.4, -0.2) is 25.5 Å². The Kier molecular flexibility index (Phi) is 5.71. The van der Waals surface area contributed by atoms with Gasteiger partial charge in [-0.1, -0.05) is 25.5 Å².